The van der Waals surface area contributed by atoms with Crippen molar-refractivity contribution in [3.05, 3.63) is 24.3 Å². The van der Waals surface area contributed by atoms with Gasteiger partial charge in [0.15, 0.2) is 6.23 Å². The summed E-state index contributed by atoms with van der Waals surface area (Å²) in [6.07, 6.45) is -1.15. The van der Waals surface area contributed by atoms with E-state index in [2.05, 4.69) is 10.3 Å². The van der Waals surface area contributed by atoms with Crippen LogP contribution < -0.4 is 0 Å². The molecule has 6 nitrogen and oxygen atoms in total. The minimum Gasteiger partial charge on any atom is -0.394 e. The van der Waals surface area contributed by atoms with Crippen LogP contribution in [-0.4, -0.2) is 44.0 Å². The number of rotatable bonds is 2. The number of fused-ring (bicyclic) bond motifs is 1. The first-order chi connectivity index (χ1) is 8.29. The van der Waals surface area contributed by atoms with Crippen molar-refractivity contribution in [1.29, 1.82) is 0 Å². The largest absolute Gasteiger partial charge is 0.394 e. The molecule has 17 heavy (non-hydrogen) atoms. The van der Waals surface area contributed by atoms with E-state index in [-0.39, 0.29) is 12.8 Å². The maximum atomic E-state index is 9.68. The van der Waals surface area contributed by atoms with Gasteiger partial charge in [-0.05, 0) is 12.1 Å². The molecule has 2 aromatic rings. The SMILES string of the molecule is OCC1OC(n2nnc3ccccc32)CC1O. The molecule has 0 bridgehead atoms. The van der Waals surface area contributed by atoms with Crippen molar-refractivity contribution >= 4 is 11.0 Å². The molecule has 1 aromatic heterocycles. The molecule has 0 spiro atoms. The van der Waals surface area contributed by atoms with Crippen LogP contribution in [0.15, 0.2) is 24.3 Å². The normalized spacial score (nSPS) is 28.9. The lowest BCUT2D eigenvalue weighted by Gasteiger charge is -2.12. The van der Waals surface area contributed by atoms with E-state index in [1.54, 1.807) is 4.68 Å². The molecule has 0 radical (unpaired) electrons. The van der Waals surface area contributed by atoms with E-state index in [1.807, 2.05) is 24.3 Å². The topological polar surface area (TPSA) is 80.4 Å². The highest BCUT2D eigenvalue weighted by atomic mass is 16.5. The Kier molecular flexibility index (Phi) is 2.54. The first-order valence-corrected chi connectivity index (χ1v) is 5.54. The molecular weight excluding hydrogens is 222 g/mol. The van der Waals surface area contributed by atoms with E-state index in [0.717, 1.165) is 11.0 Å². The van der Waals surface area contributed by atoms with E-state index in [0.29, 0.717) is 6.42 Å². The Balaban J connectivity index is 1.95. The lowest BCUT2D eigenvalue weighted by molar-refractivity contribution is -0.0474. The number of benzene rings is 1. The Labute approximate surface area is 97.4 Å². The third-order valence-electron chi connectivity index (χ3n) is 3.03. The lowest BCUT2D eigenvalue weighted by Crippen LogP contribution is -2.24. The van der Waals surface area contributed by atoms with E-state index in [9.17, 15) is 5.11 Å². The van der Waals surface area contributed by atoms with Gasteiger partial charge < -0.3 is 14.9 Å². The summed E-state index contributed by atoms with van der Waals surface area (Å²) in [4.78, 5) is 0. The van der Waals surface area contributed by atoms with Gasteiger partial charge in [0.05, 0.1) is 18.2 Å². The van der Waals surface area contributed by atoms with Gasteiger partial charge in [-0.3, -0.25) is 0 Å². The predicted octanol–water partition coefficient (Wildman–Crippen LogP) is 0.0720. The minimum atomic E-state index is -0.659. The summed E-state index contributed by atoms with van der Waals surface area (Å²) in [6.45, 7) is -0.190. The Morgan fingerprint density at radius 1 is 1.41 bits per heavy atom. The van der Waals surface area contributed by atoms with Crippen LogP contribution in [0, 0.1) is 0 Å². The highest BCUT2D eigenvalue weighted by Gasteiger charge is 2.35. The van der Waals surface area contributed by atoms with Crippen LogP contribution >= 0.6 is 0 Å². The smallest absolute Gasteiger partial charge is 0.155 e. The van der Waals surface area contributed by atoms with Crippen LogP contribution in [0.25, 0.3) is 11.0 Å². The van der Waals surface area contributed by atoms with Gasteiger partial charge in [-0.1, -0.05) is 17.3 Å². The molecule has 1 saturated heterocycles. The molecule has 0 aliphatic carbocycles. The standard InChI is InChI=1S/C11H13N3O3/c15-6-10-9(16)5-11(17-10)14-8-4-2-1-3-7(8)12-13-14/h1-4,9-11,15-16H,5-6H2. The number of aromatic nitrogens is 3. The second-order valence-corrected chi connectivity index (χ2v) is 4.14. The Bertz CT molecular complexity index is 527. The molecule has 1 fully saturated rings. The van der Waals surface area contributed by atoms with E-state index >= 15 is 0 Å². The molecule has 1 aliphatic rings. The summed E-state index contributed by atoms with van der Waals surface area (Å²) in [5.41, 5.74) is 1.65. The summed E-state index contributed by atoms with van der Waals surface area (Å²) < 4.78 is 7.18. The molecule has 1 aliphatic heterocycles. The Morgan fingerprint density at radius 3 is 3.00 bits per heavy atom. The van der Waals surface area contributed by atoms with Crippen molar-refractivity contribution in [3.8, 4) is 0 Å². The van der Waals surface area contributed by atoms with Crippen LogP contribution in [0.4, 0.5) is 0 Å². The maximum Gasteiger partial charge on any atom is 0.155 e. The third kappa shape index (κ3) is 1.70. The molecule has 2 N–H and O–H groups in total. The number of nitrogens with zero attached hydrogens (tertiary/aromatic N) is 3. The molecule has 0 saturated carbocycles. The molecule has 90 valence electrons. The number of aliphatic hydroxyl groups is 2. The van der Waals surface area contributed by atoms with Crippen LogP contribution in [0.2, 0.25) is 0 Å². The monoisotopic (exact) mass is 235 g/mol. The highest BCUT2D eigenvalue weighted by molar-refractivity contribution is 5.73. The van der Waals surface area contributed by atoms with Crippen molar-refractivity contribution in [2.45, 2.75) is 24.9 Å². The van der Waals surface area contributed by atoms with Gasteiger partial charge in [0.2, 0.25) is 0 Å². The number of hydrogen-bond acceptors (Lipinski definition) is 5. The molecule has 3 atom stereocenters. The number of para-hydroxylation sites is 1. The Morgan fingerprint density at radius 2 is 2.24 bits per heavy atom. The molecule has 1 aromatic carbocycles. The summed E-state index contributed by atoms with van der Waals surface area (Å²) in [5.74, 6) is 0. The van der Waals surface area contributed by atoms with Gasteiger partial charge >= 0.3 is 0 Å². The van der Waals surface area contributed by atoms with E-state index in [4.69, 9.17) is 9.84 Å². The third-order valence-corrected chi connectivity index (χ3v) is 3.03. The van der Waals surface area contributed by atoms with E-state index < -0.39 is 12.2 Å². The number of ether oxygens (including phenoxy) is 1. The zero-order valence-corrected chi connectivity index (χ0v) is 9.10. The molecule has 6 heteroatoms. The Hall–Kier alpha value is -1.50. The summed E-state index contributed by atoms with van der Waals surface area (Å²) in [7, 11) is 0. The summed E-state index contributed by atoms with van der Waals surface area (Å²) in [5, 5.41) is 26.8. The second-order valence-electron chi connectivity index (χ2n) is 4.14. The van der Waals surface area contributed by atoms with Gasteiger partial charge in [0.1, 0.15) is 11.6 Å². The average Bonchev–Trinajstić information content (AvgIpc) is 2.92. The fourth-order valence-electron chi connectivity index (χ4n) is 2.13. The summed E-state index contributed by atoms with van der Waals surface area (Å²) >= 11 is 0. The van der Waals surface area contributed by atoms with Gasteiger partial charge in [-0.25, -0.2) is 4.68 Å². The van der Waals surface area contributed by atoms with Crippen LogP contribution in [0.3, 0.4) is 0 Å². The van der Waals surface area contributed by atoms with Crippen molar-refractivity contribution in [2.75, 3.05) is 6.61 Å². The van der Waals surface area contributed by atoms with Gasteiger partial charge in [0, 0.05) is 6.42 Å². The maximum absolute atomic E-state index is 9.68. The van der Waals surface area contributed by atoms with Gasteiger partial charge in [0.25, 0.3) is 0 Å². The van der Waals surface area contributed by atoms with Crippen molar-refractivity contribution in [2.24, 2.45) is 0 Å². The van der Waals surface area contributed by atoms with Crippen LogP contribution in [0.5, 0.6) is 0 Å². The second kappa shape index (κ2) is 4.06. The zero-order valence-electron chi connectivity index (χ0n) is 9.10. The van der Waals surface area contributed by atoms with Crippen LogP contribution in [-0.2, 0) is 4.74 Å². The fraction of sp³-hybridized carbons (Fsp3) is 0.455. The predicted molar refractivity (Wildman–Crippen MR) is 59.1 cm³/mol. The zero-order chi connectivity index (χ0) is 11.8. The highest BCUT2D eigenvalue weighted by Crippen LogP contribution is 2.29. The lowest BCUT2D eigenvalue weighted by atomic mass is 10.2. The molecule has 3 unspecified atom stereocenters. The van der Waals surface area contributed by atoms with Crippen molar-refractivity contribution in [3.63, 3.8) is 0 Å². The fourth-order valence-corrected chi connectivity index (χ4v) is 2.13. The minimum absolute atomic E-state index is 0.190. The molecule has 2 heterocycles. The molecule has 3 rings (SSSR count). The van der Waals surface area contributed by atoms with Gasteiger partial charge in [-0.15, -0.1) is 5.10 Å². The quantitative estimate of drug-likeness (QED) is 0.770. The van der Waals surface area contributed by atoms with Crippen molar-refractivity contribution < 1.29 is 14.9 Å². The van der Waals surface area contributed by atoms with Crippen molar-refractivity contribution in [1.82, 2.24) is 15.0 Å². The number of aliphatic hydroxyl groups excluding tert-OH is 2. The van der Waals surface area contributed by atoms with Gasteiger partial charge in [-0.2, -0.15) is 0 Å². The average molecular weight is 235 g/mol. The van der Waals surface area contributed by atoms with Crippen LogP contribution in [0.1, 0.15) is 12.6 Å². The molecular formula is C11H13N3O3. The first-order valence-electron chi connectivity index (χ1n) is 5.54. The first kappa shape index (κ1) is 10.6. The summed E-state index contributed by atoms with van der Waals surface area (Å²) in [6, 6.07) is 7.56. The molecule has 0 amide bonds. The number of hydrogen-bond donors (Lipinski definition) is 2. The van der Waals surface area contributed by atoms with E-state index in [1.165, 1.54) is 0 Å².